The van der Waals surface area contributed by atoms with Crippen molar-refractivity contribution in [3.63, 3.8) is 0 Å². The van der Waals surface area contributed by atoms with Crippen molar-refractivity contribution in [2.45, 2.75) is 33.1 Å². The van der Waals surface area contributed by atoms with Gasteiger partial charge in [0.25, 0.3) is 0 Å². The molecule has 1 rings (SSSR count). The zero-order valence-corrected chi connectivity index (χ0v) is 12.7. The molecule has 1 atom stereocenters. The summed E-state index contributed by atoms with van der Waals surface area (Å²) >= 11 is 0. The third-order valence-electron chi connectivity index (χ3n) is 3.46. The maximum absolute atomic E-state index is 11.1. The highest BCUT2D eigenvalue weighted by Gasteiger charge is 2.16. The Hall–Kier alpha value is -2.04. The fourth-order valence-corrected chi connectivity index (χ4v) is 2.12. The molecule has 5 nitrogen and oxygen atoms in total. The number of hydrogen-bond acceptors (Lipinski definition) is 3. The SMILES string of the molecule is CCCCCN(CC(C)C(=O)O)c1ccc(C(N)=O)cc1. The molecule has 0 saturated heterocycles. The summed E-state index contributed by atoms with van der Waals surface area (Å²) in [5.74, 6) is -1.70. The Kier molecular flexibility index (Phi) is 6.72. The molecule has 0 bridgehead atoms. The van der Waals surface area contributed by atoms with Gasteiger partial charge >= 0.3 is 5.97 Å². The van der Waals surface area contributed by atoms with Crippen molar-refractivity contribution in [1.29, 1.82) is 0 Å². The smallest absolute Gasteiger partial charge is 0.308 e. The maximum atomic E-state index is 11.1. The largest absolute Gasteiger partial charge is 0.481 e. The number of carboxylic acid groups (broad SMARTS) is 1. The van der Waals surface area contributed by atoms with Gasteiger partial charge in [-0.2, -0.15) is 0 Å². The zero-order valence-electron chi connectivity index (χ0n) is 12.7. The van der Waals surface area contributed by atoms with Crippen molar-refractivity contribution in [3.05, 3.63) is 29.8 Å². The van der Waals surface area contributed by atoms with Gasteiger partial charge in [-0.05, 0) is 30.7 Å². The van der Waals surface area contributed by atoms with Crippen LogP contribution in [0.2, 0.25) is 0 Å². The Labute approximate surface area is 125 Å². The van der Waals surface area contributed by atoms with Crippen LogP contribution in [-0.2, 0) is 4.79 Å². The second kappa shape index (κ2) is 8.29. The normalized spacial score (nSPS) is 11.9. The fourth-order valence-electron chi connectivity index (χ4n) is 2.12. The Morgan fingerprint density at radius 1 is 1.24 bits per heavy atom. The molecule has 21 heavy (non-hydrogen) atoms. The van der Waals surface area contributed by atoms with E-state index in [0.29, 0.717) is 12.1 Å². The van der Waals surface area contributed by atoms with Gasteiger partial charge in [-0.1, -0.05) is 26.7 Å². The monoisotopic (exact) mass is 292 g/mol. The molecule has 0 radical (unpaired) electrons. The number of carbonyl (C=O) groups is 2. The van der Waals surface area contributed by atoms with Crippen molar-refractivity contribution in [2.75, 3.05) is 18.0 Å². The van der Waals surface area contributed by atoms with Crippen LogP contribution in [0.15, 0.2) is 24.3 Å². The number of benzene rings is 1. The van der Waals surface area contributed by atoms with E-state index in [1.807, 2.05) is 12.1 Å². The molecule has 1 aromatic carbocycles. The Balaban J connectivity index is 2.83. The minimum atomic E-state index is -0.802. The number of anilines is 1. The van der Waals surface area contributed by atoms with Gasteiger partial charge in [-0.15, -0.1) is 0 Å². The summed E-state index contributed by atoms with van der Waals surface area (Å²) in [7, 11) is 0. The molecule has 5 heteroatoms. The minimum absolute atomic E-state index is 0.442. The lowest BCUT2D eigenvalue weighted by atomic mass is 10.1. The third-order valence-corrected chi connectivity index (χ3v) is 3.46. The maximum Gasteiger partial charge on any atom is 0.308 e. The lowest BCUT2D eigenvalue weighted by molar-refractivity contribution is -0.140. The van der Waals surface area contributed by atoms with E-state index in [-0.39, 0.29) is 0 Å². The van der Waals surface area contributed by atoms with E-state index in [1.54, 1.807) is 19.1 Å². The van der Waals surface area contributed by atoms with Gasteiger partial charge in [-0.3, -0.25) is 9.59 Å². The van der Waals surface area contributed by atoms with Crippen LogP contribution in [0.25, 0.3) is 0 Å². The van der Waals surface area contributed by atoms with E-state index >= 15 is 0 Å². The number of aliphatic carboxylic acids is 1. The Morgan fingerprint density at radius 2 is 1.86 bits per heavy atom. The minimum Gasteiger partial charge on any atom is -0.481 e. The molecular weight excluding hydrogens is 268 g/mol. The van der Waals surface area contributed by atoms with E-state index in [0.717, 1.165) is 31.5 Å². The zero-order chi connectivity index (χ0) is 15.8. The molecule has 0 fully saturated rings. The summed E-state index contributed by atoms with van der Waals surface area (Å²) in [5.41, 5.74) is 6.61. The summed E-state index contributed by atoms with van der Waals surface area (Å²) in [6.45, 7) is 5.09. The van der Waals surface area contributed by atoms with Crippen molar-refractivity contribution >= 4 is 17.6 Å². The van der Waals surface area contributed by atoms with Gasteiger partial charge in [0.05, 0.1) is 5.92 Å². The number of hydrogen-bond donors (Lipinski definition) is 2. The van der Waals surface area contributed by atoms with Gasteiger partial charge in [0.2, 0.25) is 5.91 Å². The van der Waals surface area contributed by atoms with E-state index < -0.39 is 17.8 Å². The molecule has 0 aliphatic carbocycles. The standard InChI is InChI=1S/C16H24N2O3/c1-3-4-5-10-18(11-12(2)16(20)21)14-8-6-13(7-9-14)15(17)19/h6-9,12H,3-5,10-11H2,1-2H3,(H2,17,19)(H,20,21). The molecule has 0 saturated carbocycles. The van der Waals surface area contributed by atoms with Crippen LogP contribution in [0.5, 0.6) is 0 Å². The van der Waals surface area contributed by atoms with Crippen molar-refractivity contribution in [3.8, 4) is 0 Å². The van der Waals surface area contributed by atoms with Crippen LogP contribution >= 0.6 is 0 Å². The highest BCUT2D eigenvalue weighted by atomic mass is 16.4. The first kappa shape index (κ1) is 17.0. The van der Waals surface area contributed by atoms with Crippen molar-refractivity contribution < 1.29 is 14.7 Å². The van der Waals surface area contributed by atoms with Gasteiger partial charge in [0.1, 0.15) is 0 Å². The van der Waals surface area contributed by atoms with Gasteiger partial charge in [0, 0.05) is 24.3 Å². The number of unbranched alkanes of at least 4 members (excludes halogenated alkanes) is 2. The highest BCUT2D eigenvalue weighted by Crippen LogP contribution is 2.18. The van der Waals surface area contributed by atoms with Crippen molar-refractivity contribution in [1.82, 2.24) is 0 Å². The quantitative estimate of drug-likeness (QED) is 0.685. The van der Waals surface area contributed by atoms with Crippen LogP contribution in [0.1, 0.15) is 43.5 Å². The molecular formula is C16H24N2O3. The van der Waals surface area contributed by atoms with Crippen LogP contribution in [0.4, 0.5) is 5.69 Å². The average molecular weight is 292 g/mol. The van der Waals surface area contributed by atoms with Crippen LogP contribution in [0, 0.1) is 5.92 Å². The summed E-state index contributed by atoms with van der Waals surface area (Å²) in [6, 6.07) is 6.99. The lowest BCUT2D eigenvalue weighted by Gasteiger charge is -2.26. The average Bonchev–Trinajstić information content (AvgIpc) is 2.46. The van der Waals surface area contributed by atoms with E-state index in [4.69, 9.17) is 10.8 Å². The molecule has 116 valence electrons. The predicted octanol–water partition coefficient (Wildman–Crippen LogP) is 2.50. The number of carboxylic acids is 1. The van der Waals surface area contributed by atoms with Crippen molar-refractivity contribution in [2.24, 2.45) is 11.7 Å². The van der Waals surface area contributed by atoms with E-state index in [1.165, 1.54) is 0 Å². The number of nitrogens with zero attached hydrogens (tertiary/aromatic N) is 1. The molecule has 0 aliphatic heterocycles. The second-order valence-corrected chi connectivity index (χ2v) is 5.30. The number of nitrogens with two attached hydrogens (primary N) is 1. The number of carbonyl (C=O) groups excluding carboxylic acids is 1. The number of primary amides is 1. The molecule has 1 unspecified atom stereocenters. The molecule has 0 aliphatic rings. The summed E-state index contributed by atoms with van der Waals surface area (Å²) < 4.78 is 0. The van der Waals surface area contributed by atoms with Gasteiger partial charge < -0.3 is 15.7 Å². The fraction of sp³-hybridized carbons (Fsp3) is 0.500. The second-order valence-electron chi connectivity index (χ2n) is 5.30. The summed E-state index contributed by atoms with van der Waals surface area (Å²) in [5, 5.41) is 9.08. The number of amides is 1. The topological polar surface area (TPSA) is 83.6 Å². The highest BCUT2D eigenvalue weighted by molar-refractivity contribution is 5.93. The van der Waals surface area contributed by atoms with Crippen LogP contribution in [0.3, 0.4) is 0 Å². The summed E-state index contributed by atoms with van der Waals surface area (Å²) in [4.78, 5) is 24.2. The van der Waals surface area contributed by atoms with Gasteiger partial charge in [-0.25, -0.2) is 0 Å². The molecule has 0 spiro atoms. The number of rotatable bonds is 9. The molecule has 0 heterocycles. The lowest BCUT2D eigenvalue weighted by Crippen LogP contribution is -2.32. The molecule has 1 amide bonds. The van der Waals surface area contributed by atoms with E-state index in [9.17, 15) is 9.59 Å². The molecule has 1 aromatic rings. The molecule has 3 N–H and O–H groups in total. The first-order valence-corrected chi connectivity index (χ1v) is 7.33. The molecule has 0 aromatic heterocycles. The van der Waals surface area contributed by atoms with E-state index in [2.05, 4.69) is 11.8 Å². The Morgan fingerprint density at radius 3 is 2.33 bits per heavy atom. The van der Waals surface area contributed by atoms with Crippen LogP contribution < -0.4 is 10.6 Å². The predicted molar refractivity (Wildman–Crippen MR) is 83.5 cm³/mol. The summed E-state index contributed by atoms with van der Waals surface area (Å²) in [6.07, 6.45) is 3.24. The Bertz CT molecular complexity index is 471. The van der Waals surface area contributed by atoms with Gasteiger partial charge in [0.15, 0.2) is 0 Å². The van der Waals surface area contributed by atoms with Crippen LogP contribution in [-0.4, -0.2) is 30.1 Å². The first-order valence-electron chi connectivity index (χ1n) is 7.33. The first-order chi connectivity index (χ1) is 9.95. The third kappa shape index (κ3) is 5.45.